The van der Waals surface area contributed by atoms with Crippen LogP contribution in [0.5, 0.6) is 0 Å². The quantitative estimate of drug-likeness (QED) is 0.497. The molecule has 1 aromatic carbocycles. The number of ether oxygens (including phenoxy) is 1. The number of rotatable bonds is 6. The van der Waals surface area contributed by atoms with Crippen molar-refractivity contribution in [3.63, 3.8) is 0 Å². The zero-order valence-corrected chi connectivity index (χ0v) is 12.0. The molecule has 0 heterocycles. The van der Waals surface area contributed by atoms with Crippen LogP contribution in [0, 0.1) is 17.7 Å². The topological polar surface area (TPSA) is 63.6 Å². The Balaban J connectivity index is 3.34. The number of hydrogen-bond acceptors (Lipinski definition) is 3. The maximum atomic E-state index is 13.0. The van der Waals surface area contributed by atoms with Gasteiger partial charge in [0.05, 0.1) is 6.61 Å². The molecule has 0 saturated carbocycles. The van der Waals surface area contributed by atoms with Crippen LogP contribution in [-0.2, 0) is 19.7 Å². The lowest BCUT2D eigenvalue weighted by molar-refractivity contribution is -0.162. The molecule has 0 aliphatic carbocycles. The summed E-state index contributed by atoms with van der Waals surface area (Å²) in [6, 6.07) is 4.83. The van der Waals surface area contributed by atoms with E-state index in [9.17, 15) is 19.1 Å². The van der Waals surface area contributed by atoms with Gasteiger partial charge in [-0.2, -0.15) is 0 Å². The Morgan fingerprint density at radius 2 is 1.95 bits per heavy atom. The fourth-order valence-electron chi connectivity index (χ4n) is 2.05. The van der Waals surface area contributed by atoms with Gasteiger partial charge in [0.2, 0.25) is 0 Å². The fourth-order valence-corrected chi connectivity index (χ4v) is 2.05. The van der Waals surface area contributed by atoms with Crippen LogP contribution in [0.15, 0.2) is 24.3 Å². The molecule has 0 aliphatic heterocycles. The zero-order chi connectivity index (χ0) is 15.9. The van der Waals surface area contributed by atoms with Gasteiger partial charge >= 0.3 is 11.9 Å². The monoisotopic (exact) mass is 292 g/mol. The van der Waals surface area contributed by atoms with E-state index in [1.807, 2.05) is 0 Å². The average molecular weight is 292 g/mol. The molecule has 0 radical (unpaired) electrons. The number of carboxylic acid groups (broad SMARTS) is 1. The smallest absolute Gasteiger partial charge is 0.328 e. The highest BCUT2D eigenvalue weighted by atomic mass is 19.1. The summed E-state index contributed by atoms with van der Waals surface area (Å²) in [5, 5.41) is 9.60. The Kier molecular flexibility index (Phi) is 5.92. The molecule has 5 heteroatoms. The largest absolute Gasteiger partial charge is 0.480 e. The average Bonchev–Trinajstić information content (AvgIpc) is 2.45. The van der Waals surface area contributed by atoms with Crippen LogP contribution < -0.4 is 0 Å². The van der Waals surface area contributed by atoms with Crippen molar-refractivity contribution in [1.82, 2.24) is 0 Å². The molecular formula is C16H17FO4. The van der Waals surface area contributed by atoms with E-state index >= 15 is 0 Å². The second-order valence-electron chi connectivity index (χ2n) is 4.36. The van der Waals surface area contributed by atoms with E-state index in [1.165, 1.54) is 12.1 Å². The molecule has 112 valence electrons. The van der Waals surface area contributed by atoms with Gasteiger partial charge < -0.3 is 9.84 Å². The third kappa shape index (κ3) is 3.60. The van der Waals surface area contributed by atoms with E-state index in [-0.39, 0.29) is 25.0 Å². The molecular weight excluding hydrogens is 275 g/mol. The van der Waals surface area contributed by atoms with Crippen LogP contribution in [0.25, 0.3) is 0 Å². The van der Waals surface area contributed by atoms with Gasteiger partial charge in [-0.05, 0) is 38.0 Å². The first-order chi connectivity index (χ1) is 9.98. The van der Waals surface area contributed by atoms with Gasteiger partial charge in [-0.15, -0.1) is 11.8 Å². The van der Waals surface area contributed by atoms with Gasteiger partial charge in [0.15, 0.2) is 5.41 Å². The van der Waals surface area contributed by atoms with Gasteiger partial charge in [0.1, 0.15) is 5.82 Å². The summed E-state index contributed by atoms with van der Waals surface area (Å²) in [7, 11) is 0. The minimum Gasteiger partial charge on any atom is -0.480 e. The number of halogens is 1. The minimum absolute atomic E-state index is 0.0341. The number of carbonyl (C=O) groups is 2. The van der Waals surface area contributed by atoms with E-state index in [2.05, 4.69) is 11.8 Å². The predicted molar refractivity (Wildman–Crippen MR) is 75.0 cm³/mol. The Hall–Kier alpha value is -2.35. The Morgan fingerprint density at radius 1 is 1.33 bits per heavy atom. The summed E-state index contributed by atoms with van der Waals surface area (Å²) in [6.07, 6.45) is 0.187. The molecule has 0 amide bonds. The Labute approximate surface area is 122 Å². The van der Waals surface area contributed by atoms with Crippen molar-refractivity contribution in [2.24, 2.45) is 0 Å². The van der Waals surface area contributed by atoms with Crippen molar-refractivity contribution in [3.8, 4) is 11.8 Å². The van der Waals surface area contributed by atoms with Crippen molar-refractivity contribution in [2.45, 2.75) is 32.1 Å². The van der Waals surface area contributed by atoms with Crippen molar-refractivity contribution in [2.75, 3.05) is 6.61 Å². The van der Waals surface area contributed by atoms with Gasteiger partial charge in [0, 0.05) is 6.42 Å². The molecule has 0 fully saturated rings. The first kappa shape index (κ1) is 16.7. The Morgan fingerprint density at radius 3 is 2.43 bits per heavy atom. The van der Waals surface area contributed by atoms with Crippen LogP contribution in [0.2, 0.25) is 0 Å². The standard InChI is InChI=1S/C16H17FO4/c1-3-5-6-11-16(14(18)19,15(20)21-4-2)12-7-9-13(17)10-8-12/h7-10H,4,6,11H2,1-2H3,(H,18,19). The molecule has 0 bridgehead atoms. The number of benzene rings is 1. The number of carboxylic acids is 1. The highest BCUT2D eigenvalue weighted by molar-refractivity contribution is 6.05. The fraction of sp³-hybridized carbons (Fsp3) is 0.375. The molecule has 1 N–H and O–H groups in total. The lowest BCUT2D eigenvalue weighted by Gasteiger charge is -2.27. The second-order valence-corrected chi connectivity index (χ2v) is 4.36. The second kappa shape index (κ2) is 7.44. The van der Waals surface area contributed by atoms with Gasteiger partial charge in [0.25, 0.3) is 0 Å². The SMILES string of the molecule is CC#CCCC(C(=O)O)(C(=O)OCC)c1ccc(F)cc1. The van der Waals surface area contributed by atoms with Crippen molar-refractivity contribution in [1.29, 1.82) is 0 Å². The van der Waals surface area contributed by atoms with Crippen molar-refractivity contribution >= 4 is 11.9 Å². The molecule has 4 nitrogen and oxygen atoms in total. The summed E-state index contributed by atoms with van der Waals surface area (Å²) in [5.74, 6) is 2.71. The molecule has 1 atom stereocenters. The van der Waals surface area contributed by atoms with Crippen LogP contribution in [0.3, 0.4) is 0 Å². The molecule has 1 rings (SSSR count). The third-order valence-corrected chi connectivity index (χ3v) is 3.13. The number of hydrogen-bond donors (Lipinski definition) is 1. The van der Waals surface area contributed by atoms with E-state index < -0.39 is 23.2 Å². The highest BCUT2D eigenvalue weighted by Crippen LogP contribution is 2.32. The molecule has 0 aromatic heterocycles. The number of aliphatic carboxylic acids is 1. The minimum atomic E-state index is -1.87. The van der Waals surface area contributed by atoms with Crippen molar-refractivity contribution < 1.29 is 23.8 Å². The normalized spacial score (nSPS) is 12.7. The first-order valence-electron chi connectivity index (χ1n) is 6.55. The molecule has 1 unspecified atom stereocenters. The van der Waals surface area contributed by atoms with Crippen LogP contribution in [0.1, 0.15) is 32.3 Å². The zero-order valence-electron chi connectivity index (χ0n) is 12.0. The van der Waals surface area contributed by atoms with Crippen LogP contribution in [-0.4, -0.2) is 23.7 Å². The molecule has 1 aromatic rings. The highest BCUT2D eigenvalue weighted by Gasteiger charge is 2.48. The summed E-state index contributed by atoms with van der Waals surface area (Å²) < 4.78 is 18.0. The van der Waals surface area contributed by atoms with E-state index in [0.717, 1.165) is 12.1 Å². The van der Waals surface area contributed by atoms with Crippen LogP contribution >= 0.6 is 0 Å². The maximum Gasteiger partial charge on any atom is 0.328 e. The van der Waals surface area contributed by atoms with E-state index in [0.29, 0.717) is 0 Å². The molecule has 21 heavy (non-hydrogen) atoms. The first-order valence-corrected chi connectivity index (χ1v) is 6.55. The molecule has 0 aliphatic rings. The maximum absolute atomic E-state index is 13.0. The lowest BCUT2D eigenvalue weighted by atomic mass is 9.76. The van der Waals surface area contributed by atoms with E-state index in [1.54, 1.807) is 13.8 Å². The summed E-state index contributed by atoms with van der Waals surface area (Å²) in [5.41, 5.74) is -1.68. The molecule has 0 saturated heterocycles. The van der Waals surface area contributed by atoms with Gasteiger partial charge in [-0.1, -0.05) is 12.1 Å². The molecule has 0 spiro atoms. The predicted octanol–water partition coefficient (Wildman–Crippen LogP) is 2.51. The van der Waals surface area contributed by atoms with Crippen molar-refractivity contribution in [3.05, 3.63) is 35.6 Å². The summed E-state index contributed by atoms with van der Waals surface area (Å²) >= 11 is 0. The third-order valence-electron chi connectivity index (χ3n) is 3.13. The summed E-state index contributed by atoms with van der Waals surface area (Å²) in [6.45, 7) is 3.29. The lowest BCUT2D eigenvalue weighted by Crippen LogP contribution is -2.45. The van der Waals surface area contributed by atoms with E-state index in [4.69, 9.17) is 4.74 Å². The van der Waals surface area contributed by atoms with Crippen LogP contribution in [0.4, 0.5) is 4.39 Å². The van der Waals surface area contributed by atoms with Gasteiger partial charge in [-0.25, -0.2) is 4.39 Å². The number of carbonyl (C=O) groups excluding carboxylic acids is 1. The number of esters is 1. The summed E-state index contributed by atoms with van der Waals surface area (Å²) in [4.78, 5) is 24.0. The Bertz CT molecular complexity index is 568. The van der Waals surface area contributed by atoms with Gasteiger partial charge in [-0.3, -0.25) is 9.59 Å².